The highest BCUT2D eigenvalue weighted by atomic mass is 16.6. The van der Waals surface area contributed by atoms with Gasteiger partial charge >= 0.3 is 0 Å². The summed E-state index contributed by atoms with van der Waals surface area (Å²) < 4.78 is 5.66. The number of nitrogens with zero attached hydrogens (tertiary/aromatic N) is 1. The normalized spacial score (nSPS) is 22.8. The zero-order chi connectivity index (χ0) is 13.8. The van der Waals surface area contributed by atoms with Gasteiger partial charge in [-0.25, -0.2) is 0 Å². The third-order valence-electron chi connectivity index (χ3n) is 3.17. The van der Waals surface area contributed by atoms with Crippen LogP contribution in [0.2, 0.25) is 0 Å². The average molecular weight is 264 g/mol. The van der Waals surface area contributed by atoms with Gasteiger partial charge in [-0.2, -0.15) is 0 Å². The fraction of sp³-hybridized carbons (Fsp3) is 0.462. The molecule has 2 atom stereocenters. The molecular weight excluding hydrogens is 248 g/mol. The zero-order valence-corrected chi connectivity index (χ0v) is 10.7. The van der Waals surface area contributed by atoms with Gasteiger partial charge in [0.05, 0.1) is 11.0 Å². The maximum atomic E-state index is 11.0. The molecule has 0 bridgehead atoms. The lowest BCUT2D eigenvalue weighted by Crippen LogP contribution is -2.38. The summed E-state index contributed by atoms with van der Waals surface area (Å²) in [6, 6.07) is 6.46. The average Bonchev–Trinajstić information content (AvgIpc) is 2.38. The number of hydrogen-bond acceptors (Lipinski definition) is 4. The second kappa shape index (κ2) is 5.79. The van der Waals surface area contributed by atoms with Crippen molar-refractivity contribution >= 4 is 11.6 Å². The summed E-state index contributed by atoms with van der Waals surface area (Å²) in [5.41, 5.74) is 0.971. The predicted molar refractivity (Wildman–Crippen MR) is 68.6 cm³/mol. The molecule has 1 aliphatic heterocycles. The number of nitro benzene ring substituents is 1. The molecule has 6 nitrogen and oxygen atoms in total. The predicted octanol–water partition coefficient (Wildman–Crippen LogP) is 1.95. The lowest BCUT2D eigenvalue weighted by atomic mass is 9.97. The smallest absolute Gasteiger partial charge is 0.269 e. The first-order valence-electron chi connectivity index (χ1n) is 6.19. The largest absolute Gasteiger partial charge is 0.373 e. The number of hydrogen-bond donors (Lipinski definition) is 1. The van der Waals surface area contributed by atoms with E-state index in [1.165, 1.54) is 19.1 Å². The van der Waals surface area contributed by atoms with Crippen molar-refractivity contribution in [1.82, 2.24) is 5.32 Å². The Morgan fingerprint density at radius 2 is 2.11 bits per heavy atom. The fourth-order valence-corrected chi connectivity index (χ4v) is 2.26. The van der Waals surface area contributed by atoms with E-state index >= 15 is 0 Å². The molecule has 1 N–H and O–H groups in total. The van der Waals surface area contributed by atoms with Gasteiger partial charge in [0.2, 0.25) is 5.91 Å². The summed E-state index contributed by atoms with van der Waals surface area (Å²) in [7, 11) is 0. The molecule has 0 radical (unpaired) electrons. The van der Waals surface area contributed by atoms with Crippen LogP contribution in [-0.2, 0) is 9.53 Å². The quantitative estimate of drug-likeness (QED) is 0.668. The van der Waals surface area contributed by atoms with E-state index in [1.807, 2.05) is 0 Å². The van der Waals surface area contributed by atoms with Gasteiger partial charge in [-0.1, -0.05) is 0 Å². The Morgan fingerprint density at radius 3 is 2.68 bits per heavy atom. The van der Waals surface area contributed by atoms with Crippen LogP contribution < -0.4 is 5.32 Å². The van der Waals surface area contributed by atoms with Gasteiger partial charge in [-0.05, 0) is 30.5 Å². The molecule has 2 unspecified atom stereocenters. The Bertz CT molecular complexity index is 472. The summed E-state index contributed by atoms with van der Waals surface area (Å²) in [5.74, 6) is -0.0469. The molecule has 0 aromatic heterocycles. The molecule has 1 amide bonds. The van der Waals surface area contributed by atoms with Crippen molar-refractivity contribution in [1.29, 1.82) is 0 Å². The monoisotopic (exact) mass is 264 g/mol. The van der Waals surface area contributed by atoms with Gasteiger partial charge in [0, 0.05) is 31.7 Å². The number of nitrogens with one attached hydrogen (secondary N) is 1. The van der Waals surface area contributed by atoms with Crippen LogP contribution in [0.4, 0.5) is 5.69 Å². The van der Waals surface area contributed by atoms with Crippen LogP contribution >= 0.6 is 0 Å². The van der Waals surface area contributed by atoms with Crippen molar-refractivity contribution in [2.24, 2.45) is 0 Å². The van der Waals surface area contributed by atoms with E-state index in [9.17, 15) is 14.9 Å². The second-order valence-electron chi connectivity index (χ2n) is 4.63. The SMILES string of the molecule is CC(=O)NC1CCOC(c2ccc([N+](=O)[O-])cc2)C1. The lowest BCUT2D eigenvalue weighted by Gasteiger charge is -2.30. The molecule has 2 rings (SSSR count). The first-order valence-corrected chi connectivity index (χ1v) is 6.19. The van der Waals surface area contributed by atoms with E-state index in [0.29, 0.717) is 13.0 Å². The molecule has 1 aromatic carbocycles. The number of amides is 1. The maximum absolute atomic E-state index is 11.0. The van der Waals surface area contributed by atoms with Crippen molar-refractivity contribution in [3.8, 4) is 0 Å². The molecule has 0 saturated carbocycles. The molecule has 19 heavy (non-hydrogen) atoms. The Balaban J connectivity index is 2.04. The molecule has 0 aliphatic carbocycles. The minimum Gasteiger partial charge on any atom is -0.373 e. The van der Waals surface area contributed by atoms with E-state index in [-0.39, 0.29) is 23.7 Å². The number of ether oxygens (including phenoxy) is 1. The Labute approximate surface area is 110 Å². The van der Waals surface area contributed by atoms with Gasteiger partial charge < -0.3 is 10.1 Å². The summed E-state index contributed by atoms with van der Waals surface area (Å²) in [6.45, 7) is 2.07. The number of non-ortho nitro benzene ring substituents is 1. The van der Waals surface area contributed by atoms with E-state index in [2.05, 4.69) is 5.32 Å². The Morgan fingerprint density at radius 1 is 1.42 bits per heavy atom. The number of benzene rings is 1. The summed E-state index contributed by atoms with van der Waals surface area (Å²) in [5, 5.41) is 13.5. The third kappa shape index (κ3) is 3.51. The van der Waals surface area contributed by atoms with Crippen LogP contribution in [0, 0.1) is 10.1 Å². The molecule has 1 aliphatic rings. The van der Waals surface area contributed by atoms with E-state index in [0.717, 1.165) is 12.0 Å². The number of rotatable bonds is 3. The van der Waals surface area contributed by atoms with Crippen molar-refractivity contribution < 1.29 is 14.5 Å². The first kappa shape index (κ1) is 13.5. The molecule has 1 fully saturated rings. The molecular formula is C13H16N2O4. The molecule has 1 heterocycles. The maximum Gasteiger partial charge on any atom is 0.269 e. The number of carbonyl (C=O) groups is 1. The molecule has 0 spiro atoms. The van der Waals surface area contributed by atoms with Gasteiger partial charge in [0.15, 0.2) is 0 Å². The van der Waals surface area contributed by atoms with Crippen LogP contribution in [0.1, 0.15) is 31.4 Å². The molecule has 1 aromatic rings. The topological polar surface area (TPSA) is 81.5 Å². The number of carbonyl (C=O) groups excluding carboxylic acids is 1. The van der Waals surface area contributed by atoms with Gasteiger partial charge in [-0.15, -0.1) is 0 Å². The Hall–Kier alpha value is -1.95. The van der Waals surface area contributed by atoms with Crippen LogP contribution in [0.25, 0.3) is 0 Å². The minimum atomic E-state index is -0.425. The molecule has 6 heteroatoms. The van der Waals surface area contributed by atoms with Gasteiger partial charge in [-0.3, -0.25) is 14.9 Å². The van der Waals surface area contributed by atoms with Crippen molar-refractivity contribution in [3.05, 3.63) is 39.9 Å². The highest BCUT2D eigenvalue weighted by molar-refractivity contribution is 5.73. The summed E-state index contributed by atoms with van der Waals surface area (Å²) in [4.78, 5) is 21.2. The zero-order valence-electron chi connectivity index (χ0n) is 10.7. The third-order valence-corrected chi connectivity index (χ3v) is 3.17. The fourth-order valence-electron chi connectivity index (χ4n) is 2.26. The highest BCUT2D eigenvalue weighted by Crippen LogP contribution is 2.29. The standard InChI is InChI=1S/C13H16N2O4/c1-9(16)14-11-6-7-19-13(8-11)10-2-4-12(5-3-10)15(17)18/h2-5,11,13H,6-8H2,1H3,(H,14,16). The second-order valence-corrected chi connectivity index (χ2v) is 4.63. The van der Waals surface area contributed by atoms with Crippen LogP contribution in [-0.4, -0.2) is 23.5 Å². The number of nitro groups is 1. The summed E-state index contributed by atoms with van der Waals surface area (Å²) in [6.07, 6.45) is 1.37. The van der Waals surface area contributed by atoms with E-state index < -0.39 is 4.92 Å². The molecule has 102 valence electrons. The van der Waals surface area contributed by atoms with Gasteiger partial charge in [0.25, 0.3) is 5.69 Å². The van der Waals surface area contributed by atoms with Crippen LogP contribution in [0.3, 0.4) is 0 Å². The van der Waals surface area contributed by atoms with Crippen molar-refractivity contribution in [2.75, 3.05) is 6.61 Å². The van der Waals surface area contributed by atoms with Crippen LogP contribution in [0.5, 0.6) is 0 Å². The van der Waals surface area contributed by atoms with Crippen molar-refractivity contribution in [3.63, 3.8) is 0 Å². The minimum absolute atomic E-state index is 0.0469. The van der Waals surface area contributed by atoms with Crippen LogP contribution in [0.15, 0.2) is 24.3 Å². The molecule has 1 saturated heterocycles. The highest BCUT2D eigenvalue weighted by Gasteiger charge is 2.24. The first-order chi connectivity index (χ1) is 9.06. The van der Waals surface area contributed by atoms with E-state index in [4.69, 9.17) is 4.74 Å². The lowest BCUT2D eigenvalue weighted by molar-refractivity contribution is -0.384. The van der Waals surface area contributed by atoms with Crippen molar-refractivity contribution in [2.45, 2.75) is 31.9 Å². The summed E-state index contributed by atoms with van der Waals surface area (Å²) >= 11 is 0. The Kier molecular flexibility index (Phi) is 4.11. The van der Waals surface area contributed by atoms with Gasteiger partial charge in [0.1, 0.15) is 0 Å². The van der Waals surface area contributed by atoms with E-state index in [1.54, 1.807) is 12.1 Å².